The van der Waals surface area contributed by atoms with Crippen molar-refractivity contribution in [2.75, 3.05) is 4.90 Å². The van der Waals surface area contributed by atoms with Gasteiger partial charge in [-0.05, 0) is 76.9 Å². The zero-order chi connectivity index (χ0) is 37.1. The molecule has 12 rings (SSSR count). The lowest BCUT2D eigenvalue weighted by atomic mass is 9.82. The quantitative estimate of drug-likeness (QED) is 0.169. The molecule has 0 amide bonds. The van der Waals surface area contributed by atoms with E-state index in [0.29, 0.717) is 0 Å². The number of hydrogen-bond donors (Lipinski definition) is 0. The first-order valence-electron chi connectivity index (χ1n) is 19.2. The maximum Gasteiger partial charge on any atom is 0.139 e. The van der Waals surface area contributed by atoms with Crippen molar-refractivity contribution in [2.24, 2.45) is 0 Å². The normalized spacial score (nSPS) is 13.3. The van der Waals surface area contributed by atoms with Crippen LogP contribution in [0.1, 0.15) is 25.0 Å². The molecule has 0 spiro atoms. The number of aromatic nitrogens is 3. The van der Waals surface area contributed by atoms with Crippen LogP contribution in [0.2, 0.25) is 0 Å². The summed E-state index contributed by atoms with van der Waals surface area (Å²) in [5.74, 6) is 0.973. The van der Waals surface area contributed by atoms with Crippen LogP contribution >= 0.6 is 11.3 Å². The maximum absolute atomic E-state index is 5.34. The van der Waals surface area contributed by atoms with Gasteiger partial charge < -0.3 is 0 Å². The van der Waals surface area contributed by atoms with Gasteiger partial charge in [-0.2, -0.15) is 5.10 Å². The molecule has 0 N–H and O–H groups in total. The van der Waals surface area contributed by atoms with E-state index in [0.717, 1.165) is 50.4 Å². The summed E-state index contributed by atoms with van der Waals surface area (Å²) in [5, 5.41) is 12.5. The lowest BCUT2D eigenvalue weighted by molar-refractivity contribution is 0.660. The minimum Gasteiger partial charge on any atom is -0.295 e. The maximum atomic E-state index is 5.34. The van der Waals surface area contributed by atoms with Crippen LogP contribution in [0.15, 0.2) is 170 Å². The predicted molar refractivity (Wildman–Crippen MR) is 236 cm³/mol. The highest BCUT2D eigenvalue weighted by molar-refractivity contribution is 7.26. The van der Waals surface area contributed by atoms with Crippen LogP contribution in [-0.4, -0.2) is 14.6 Å². The van der Waals surface area contributed by atoms with Gasteiger partial charge in [-0.1, -0.05) is 129 Å². The number of anilines is 3. The lowest BCUT2D eigenvalue weighted by Gasteiger charge is -2.28. The van der Waals surface area contributed by atoms with Crippen LogP contribution in [0.3, 0.4) is 0 Å². The Balaban J connectivity index is 1.06. The van der Waals surface area contributed by atoms with Crippen LogP contribution in [0.25, 0.3) is 80.7 Å². The first-order chi connectivity index (χ1) is 27.5. The van der Waals surface area contributed by atoms with Crippen molar-refractivity contribution in [3.05, 3.63) is 181 Å². The molecule has 0 aliphatic heterocycles. The number of hydrogen-bond acceptors (Lipinski definition) is 4. The summed E-state index contributed by atoms with van der Waals surface area (Å²) in [6, 6.07) is 61.5. The monoisotopic (exact) mass is 734 g/mol. The fourth-order valence-electron chi connectivity index (χ4n) is 9.30. The minimum absolute atomic E-state index is 0.132. The van der Waals surface area contributed by atoms with Crippen LogP contribution in [0.5, 0.6) is 0 Å². The van der Waals surface area contributed by atoms with Gasteiger partial charge >= 0.3 is 0 Å². The molecule has 5 heteroatoms. The molecule has 1 aliphatic carbocycles. The summed E-state index contributed by atoms with van der Waals surface area (Å²) in [4.78, 5) is 7.70. The van der Waals surface area contributed by atoms with Gasteiger partial charge in [-0.25, -0.2) is 9.50 Å². The van der Waals surface area contributed by atoms with Crippen LogP contribution < -0.4 is 4.90 Å². The Morgan fingerprint density at radius 3 is 2.11 bits per heavy atom. The van der Waals surface area contributed by atoms with E-state index in [1.54, 1.807) is 0 Å². The predicted octanol–water partition coefficient (Wildman–Crippen LogP) is 14.0. The summed E-state index contributed by atoms with van der Waals surface area (Å²) in [7, 11) is 0. The Labute approximate surface area is 327 Å². The average Bonchev–Trinajstić information content (AvgIpc) is 3.89. The Hall–Kier alpha value is -6.82. The smallest absolute Gasteiger partial charge is 0.139 e. The van der Waals surface area contributed by atoms with Crippen molar-refractivity contribution in [1.82, 2.24) is 14.6 Å². The summed E-state index contributed by atoms with van der Waals surface area (Å²) in [6.07, 6.45) is 0. The van der Waals surface area contributed by atoms with Gasteiger partial charge in [-0.3, -0.25) is 4.90 Å². The van der Waals surface area contributed by atoms with Crippen molar-refractivity contribution >= 4 is 86.8 Å². The van der Waals surface area contributed by atoms with Crippen molar-refractivity contribution in [3.8, 4) is 22.4 Å². The van der Waals surface area contributed by atoms with Gasteiger partial charge in [0.25, 0.3) is 0 Å². The number of benzene rings is 7. The lowest BCUT2D eigenvalue weighted by Crippen LogP contribution is -2.17. The second-order valence-electron chi connectivity index (χ2n) is 15.4. The molecule has 0 unspecified atom stereocenters. The first kappa shape index (κ1) is 31.5. The number of nitrogens with zero attached hydrogens (tertiary/aromatic N) is 4. The molecule has 11 aromatic rings. The van der Waals surface area contributed by atoms with E-state index in [1.807, 2.05) is 11.3 Å². The summed E-state index contributed by atoms with van der Waals surface area (Å²) in [6.45, 7) is 4.68. The Bertz CT molecular complexity index is 3410. The topological polar surface area (TPSA) is 33.4 Å². The molecule has 1 aliphatic rings. The highest BCUT2D eigenvalue weighted by atomic mass is 32.1. The third-order valence-electron chi connectivity index (χ3n) is 12.0. The SMILES string of the molecule is CC1(C)c2ccccc2-c2ccc(N(c3ccc(-c4nc5ccccc5c5c4ccc4c6ccccc6sc45)cc3)c3cccc4c5ccccc5nn34)cc21. The molecule has 7 aromatic carbocycles. The Kier molecular flexibility index (Phi) is 6.53. The van der Waals surface area contributed by atoms with E-state index in [4.69, 9.17) is 10.1 Å². The van der Waals surface area contributed by atoms with Crippen molar-refractivity contribution in [2.45, 2.75) is 19.3 Å². The third kappa shape index (κ3) is 4.40. The molecule has 0 atom stereocenters. The van der Waals surface area contributed by atoms with Gasteiger partial charge in [-0.15, -0.1) is 11.3 Å². The minimum atomic E-state index is -0.132. The van der Waals surface area contributed by atoms with Gasteiger partial charge in [0.05, 0.1) is 22.2 Å². The second-order valence-corrected chi connectivity index (χ2v) is 16.5. The Morgan fingerprint density at radius 2 is 1.23 bits per heavy atom. The molecule has 4 heterocycles. The molecule has 0 saturated heterocycles. The van der Waals surface area contributed by atoms with Gasteiger partial charge in [0.15, 0.2) is 0 Å². The molecule has 0 radical (unpaired) electrons. The standard InChI is InChI=1S/C51H34N4S/c1-51(2)41-16-7-3-12-34(41)35-27-26-33(30-42(35)51)54(47-21-11-19-45-38-14-4-9-18-44(38)53-55(45)47)32-24-22-31(23-25-32)49-40-29-28-37-36-13-6-10-20-46(36)56-50(37)48(40)39-15-5-8-17-43(39)52-49/h3-30H,1-2H3. The van der Waals surface area contributed by atoms with Gasteiger partial charge in [0.2, 0.25) is 0 Å². The number of para-hydroxylation sites is 1. The van der Waals surface area contributed by atoms with Crippen LogP contribution in [-0.2, 0) is 5.41 Å². The van der Waals surface area contributed by atoms with E-state index >= 15 is 0 Å². The van der Waals surface area contributed by atoms with Gasteiger partial charge in [0, 0.05) is 64.1 Å². The number of pyridine rings is 2. The molecule has 264 valence electrons. The van der Waals surface area contributed by atoms with Crippen LogP contribution in [0, 0.1) is 0 Å². The second kappa shape index (κ2) is 11.6. The highest BCUT2D eigenvalue weighted by Crippen LogP contribution is 2.51. The molecular formula is C51H34N4S. The van der Waals surface area contributed by atoms with E-state index in [9.17, 15) is 0 Å². The van der Waals surface area contributed by atoms with E-state index in [2.05, 4.69) is 193 Å². The fourth-order valence-corrected chi connectivity index (χ4v) is 10.6. The third-order valence-corrected chi connectivity index (χ3v) is 13.2. The largest absolute Gasteiger partial charge is 0.295 e. The van der Waals surface area contributed by atoms with Crippen molar-refractivity contribution in [1.29, 1.82) is 0 Å². The fraction of sp³-hybridized carbons (Fsp3) is 0.0588. The molecule has 0 fully saturated rings. The van der Waals surface area contributed by atoms with Crippen molar-refractivity contribution in [3.63, 3.8) is 0 Å². The molecule has 4 aromatic heterocycles. The summed E-state index contributed by atoms with van der Waals surface area (Å²) in [5.41, 5.74) is 12.5. The number of thiophene rings is 1. The van der Waals surface area contributed by atoms with Crippen molar-refractivity contribution < 1.29 is 0 Å². The summed E-state index contributed by atoms with van der Waals surface area (Å²) < 4.78 is 4.72. The van der Waals surface area contributed by atoms with Gasteiger partial charge in [0.1, 0.15) is 5.82 Å². The summed E-state index contributed by atoms with van der Waals surface area (Å²) >= 11 is 1.88. The zero-order valence-corrected chi connectivity index (χ0v) is 31.7. The molecule has 4 nitrogen and oxygen atoms in total. The highest BCUT2D eigenvalue weighted by Gasteiger charge is 2.36. The molecule has 0 saturated carbocycles. The average molecular weight is 735 g/mol. The Morgan fingerprint density at radius 1 is 0.536 bits per heavy atom. The number of fused-ring (bicyclic) bond motifs is 13. The zero-order valence-electron chi connectivity index (χ0n) is 30.9. The molecule has 56 heavy (non-hydrogen) atoms. The van der Waals surface area contributed by atoms with Crippen LogP contribution in [0.4, 0.5) is 17.2 Å². The number of rotatable bonds is 4. The van der Waals surface area contributed by atoms with E-state index < -0.39 is 0 Å². The molecule has 0 bridgehead atoms. The first-order valence-corrected chi connectivity index (χ1v) is 20.0. The van der Waals surface area contributed by atoms with E-state index in [-0.39, 0.29) is 5.41 Å². The van der Waals surface area contributed by atoms with E-state index in [1.165, 1.54) is 58.6 Å². The molecular weight excluding hydrogens is 701 g/mol.